The quantitative estimate of drug-likeness (QED) is 0.0926. The Kier molecular flexibility index (Phi) is 13.7. The highest BCUT2D eigenvalue weighted by molar-refractivity contribution is 6.03. The monoisotopic (exact) mass is 879 g/mol. The molecular weight excluding hydrogens is 822 g/mol. The van der Waals surface area contributed by atoms with Gasteiger partial charge in [0.15, 0.2) is 6.17 Å². The number of hydrogen-bond acceptors (Lipinski definition) is 10. The van der Waals surface area contributed by atoms with Crippen LogP contribution < -0.4 is 31.5 Å². The number of amides is 4. The van der Waals surface area contributed by atoms with E-state index in [-0.39, 0.29) is 53.8 Å². The molecule has 4 aliphatic rings. The van der Waals surface area contributed by atoms with Crippen molar-refractivity contribution in [2.24, 2.45) is 30.5 Å². The number of piperidine rings is 2. The number of imide groups is 1. The largest absolute Gasteiger partial charge is 0.496 e. The molecule has 0 spiro atoms. The fourth-order valence-electron chi connectivity index (χ4n) is 10.0. The highest BCUT2D eigenvalue weighted by Crippen LogP contribution is 2.35. The third-order valence-electron chi connectivity index (χ3n) is 13.7. The number of likely N-dealkylation sites (tertiary alicyclic amines) is 1. The highest BCUT2D eigenvalue weighted by Gasteiger charge is 2.42. The zero-order valence-corrected chi connectivity index (χ0v) is 36.8. The number of nitrogens with zero attached hydrogens (tertiary/aromatic N) is 4. The number of aryl methyl sites for hydroxylation is 2. The van der Waals surface area contributed by atoms with Crippen molar-refractivity contribution in [2.75, 3.05) is 40.0 Å². The van der Waals surface area contributed by atoms with Crippen LogP contribution in [0.5, 0.6) is 11.6 Å². The molecule has 0 bridgehead atoms. The number of primary amides is 1. The minimum atomic E-state index is -1.58. The zero-order valence-electron chi connectivity index (χ0n) is 36.8. The molecule has 4 amide bonds. The van der Waals surface area contributed by atoms with Gasteiger partial charge in [0.05, 0.1) is 41.4 Å². The topological polar surface area (TPSA) is 189 Å². The van der Waals surface area contributed by atoms with Gasteiger partial charge in [-0.05, 0) is 100.0 Å². The van der Waals surface area contributed by atoms with Crippen LogP contribution in [0, 0.1) is 29.6 Å². The van der Waals surface area contributed by atoms with Crippen molar-refractivity contribution in [3.8, 4) is 23.5 Å². The molecule has 4 atom stereocenters. The van der Waals surface area contributed by atoms with E-state index in [1.807, 2.05) is 25.1 Å². The summed E-state index contributed by atoms with van der Waals surface area (Å²) in [6.45, 7) is 5.65. The number of pyridine rings is 1. The Morgan fingerprint density at radius 1 is 0.984 bits per heavy atom. The van der Waals surface area contributed by atoms with E-state index >= 15 is 0 Å². The molecule has 1 unspecified atom stereocenters. The number of carbonyl (C=O) groups is 4. The smallest absolute Gasteiger partial charge is 0.329 e. The summed E-state index contributed by atoms with van der Waals surface area (Å²) in [6.07, 6.45) is 9.18. The minimum Gasteiger partial charge on any atom is -0.496 e. The van der Waals surface area contributed by atoms with E-state index in [1.54, 1.807) is 29.9 Å². The number of nitrogens with one attached hydrogen (secondary N) is 2. The number of methoxy groups -OCH3 is 1. The molecule has 0 radical (unpaired) electrons. The van der Waals surface area contributed by atoms with Crippen LogP contribution in [0.25, 0.3) is 21.8 Å². The van der Waals surface area contributed by atoms with Crippen LogP contribution in [0.1, 0.15) is 98.7 Å². The Labute approximate surface area is 371 Å². The third-order valence-corrected chi connectivity index (χ3v) is 13.7. The molecule has 1 saturated carbocycles. The first kappa shape index (κ1) is 44.8. The molecule has 5 heterocycles. The number of nitrogens with two attached hydrogens (primary N) is 1. The van der Waals surface area contributed by atoms with Crippen molar-refractivity contribution < 1.29 is 37.8 Å². The van der Waals surface area contributed by atoms with Crippen LogP contribution in [-0.2, 0) is 32.6 Å². The number of benzene rings is 2. The van der Waals surface area contributed by atoms with E-state index < -0.39 is 41.9 Å². The molecule has 2 aromatic heterocycles. The average Bonchev–Trinajstić information content (AvgIpc) is 3.71. The van der Waals surface area contributed by atoms with Crippen molar-refractivity contribution in [3.63, 3.8) is 0 Å². The lowest BCUT2D eigenvalue weighted by Crippen LogP contribution is -2.44. The maximum absolute atomic E-state index is 14.4. The van der Waals surface area contributed by atoms with Crippen molar-refractivity contribution in [2.45, 2.75) is 102 Å². The van der Waals surface area contributed by atoms with E-state index in [1.165, 1.54) is 11.7 Å². The first-order valence-electron chi connectivity index (χ1n) is 22.7. The van der Waals surface area contributed by atoms with Gasteiger partial charge < -0.3 is 30.2 Å². The Bertz CT molecular complexity index is 2550. The van der Waals surface area contributed by atoms with Gasteiger partial charge in [-0.25, -0.2) is 14.2 Å². The molecule has 64 heavy (non-hydrogen) atoms. The van der Waals surface area contributed by atoms with Crippen LogP contribution in [0.3, 0.4) is 0 Å². The second-order valence-electron chi connectivity index (χ2n) is 17.8. The van der Waals surface area contributed by atoms with Gasteiger partial charge in [0.1, 0.15) is 18.4 Å². The first-order chi connectivity index (χ1) is 30.9. The Balaban J connectivity index is 0.796. The van der Waals surface area contributed by atoms with Crippen LogP contribution in [0.15, 0.2) is 41.3 Å². The number of imidazole rings is 1. The molecule has 340 valence electrons. The normalized spacial score (nSPS) is 24.3. The van der Waals surface area contributed by atoms with Crippen LogP contribution in [0.2, 0.25) is 0 Å². The fraction of sp³-hybridized carbons (Fsp3) is 0.542. The number of hydrogen-bond donors (Lipinski definition) is 3. The summed E-state index contributed by atoms with van der Waals surface area (Å²) in [5.41, 5.74) is 8.87. The molecule has 4 N–H and O–H groups in total. The zero-order chi connectivity index (χ0) is 45.1. The lowest BCUT2D eigenvalue weighted by Gasteiger charge is -2.36. The van der Waals surface area contributed by atoms with E-state index in [0.717, 1.165) is 82.1 Å². The van der Waals surface area contributed by atoms with Gasteiger partial charge in [-0.3, -0.25) is 33.6 Å². The summed E-state index contributed by atoms with van der Waals surface area (Å²) < 4.78 is 35.4. The molecular formula is C48H58FN7O8. The lowest BCUT2D eigenvalue weighted by atomic mass is 9.81. The maximum Gasteiger partial charge on any atom is 0.329 e. The van der Waals surface area contributed by atoms with Gasteiger partial charge in [-0.15, -0.1) is 0 Å². The second-order valence-corrected chi connectivity index (χ2v) is 17.8. The number of carbonyl (C=O) groups excluding carboxylic acids is 4. The van der Waals surface area contributed by atoms with Crippen LogP contribution >= 0.6 is 0 Å². The molecule has 15 nitrogen and oxygen atoms in total. The summed E-state index contributed by atoms with van der Waals surface area (Å²) >= 11 is 0. The minimum absolute atomic E-state index is 0.0349. The van der Waals surface area contributed by atoms with Gasteiger partial charge >= 0.3 is 5.69 Å². The first-order valence-corrected chi connectivity index (χ1v) is 22.7. The molecule has 1 aliphatic carbocycles. The van der Waals surface area contributed by atoms with Gasteiger partial charge in [0.25, 0.3) is 11.8 Å². The Hall–Kier alpha value is -5.79. The SMILES string of the molecule is CC[C@@H]1[C@H](F)C(=O)N[C@@H]1COc1ncc(C#CC2CCC(CN3CCC(OCCCc4ccc5c(c4)n(C)c(=O)n5C4CCC(=O)NC4=O)CC3)CC2)c2cc(C(N)=O)c(OC)cc12. The molecule has 3 aliphatic heterocycles. The highest BCUT2D eigenvalue weighted by atomic mass is 19.1. The summed E-state index contributed by atoms with van der Waals surface area (Å²) in [5.74, 6) is 5.70. The second kappa shape index (κ2) is 19.5. The van der Waals surface area contributed by atoms with Gasteiger partial charge in [-0.2, -0.15) is 0 Å². The molecule has 4 aromatic rings. The van der Waals surface area contributed by atoms with Crippen molar-refractivity contribution >= 4 is 45.4 Å². The number of rotatable bonds is 14. The van der Waals surface area contributed by atoms with Gasteiger partial charge in [0, 0.05) is 68.5 Å². The van der Waals surface area contributed by atoms with E-state index in [4.69, 9.17) is 19.9 Å². The maximum atomic E-state index is 14.4. The molecule has 2 aromatic carbocycles. The number of halogens is 1. The van der Waals surface area contributed by atoms with Crippen LogP contribution in [0.4, 0.5) is 4.39 Å². The van der Waals surface area contributed by atoms with Gasteiger partial charge in [-0.1, -0.05) is 24.8 Å². The number of aromatic nitrogens is 3. The van der Waals surface area contributed by atoms with Crippen molar-refractivity contribution in [3.05, 3.63) is 63.7 Å². The predicted octanol–water partition coefficient (Wildman–Crippen LogP) is 4.49. The van der Waals surface area contributed by atoms with E-state index in [0.29, 0.717) is 47.2 Å². The fourth-order valence-corrected chi connectivity index (χ4v) is 10.0. The molecule has 3 saturated heterocycles. The number of fused-ring (bicyclic) bond motifs is 2. The Morgan fingerprint density at radius 2 is 1.77 bits per heavy atom. The van der Waals surface area contributed by atoms with E-state index in [2.05, 4.69) is 32.4 Å². The van der Waals surface area contributed by atoms with Crippen molar-refractivity contribution in [1.82, 2.24) is 29.7 Å². The summed E-state index contributed by atoms with van der Waals surface area (Å²) in [5, 5.41) is 6.27. The average molecular weight is 880 g/mol. The molecule has 4 fully saturated rings. The summed E-state index contributed by atoms with van der Waals surface area (Å²) in [7, 11) is 3.17. The number of ether oxygens (including phenoxy) is 3. The Morgan fingerprint density at radius 3 is 2.48 bits per heavy atom. The molecule has 16 heteroatoms. The van der Waals surface area contributed by atoms with Crippen molar-refractivity contribution in [1.29, 1.82) is 0 Å². The number of alkyl halides is 1. The van der Waals surface area contributed by atoms with E-state index in [9.17, 15) is 28.4 Å². The predicted molar refractivity (Wildman–Crippen MR) is 238 cm³/mol. The summed E-state index contributed by atoms with van der Waals surface area (Å²) in [6, 6.07) is 8.05. The van der Waals surface area contributed by atoms with Crippen LogP contribution in [-0.4, -0.2) is 101 Å². The third kappa shape index (κ3) is 9.51. The standard InChI is InChI=1S/C48H58FN7O8/c1-4-33-37(52-46(60)43(33)49)27-64-47-35-24-41(62-3)36(44(50)58)23-34(35)31(25-51-47)13-11-28-7-9-30(10-8-28)26-55-19-17-32(18-20-55)63-21-5-6-29-12-14-38-40(22-29)54(2)48(61)56(38)39-15-16-42(57)53-45(39)59/h12,14,22-25,28,30,32-33,37,39,43H,4-10,15-21,26-27H2,1-3H3,(H2,50,58)(H,52,60)(H,53,57,59)/t28?,30?,33-,37+,39?,43-/m0/s1. The lowest BCUT2D eigenvalue weighted by molar-refractivity contribution is -0.135. The molecule has 8 rings (SSSR count). The summed E-state index contributed by atoms with van der Waals surface area (Å²) in [4.78, 5) is 68.9. The van der Waals surface area contributed by atoms with Gasteiger partial charge in [0.2, 0.25) is 17.7 Å².